The molecule has 0 radical (unpaired) electrons. The van der Waals surface area contributed by atoms with Gasteiger partial charge in [-0.1, -0.05) is 74.0 Å². The summed E-state index contributed by atoms with van der Waals surface area (Å²) < 4.78 is 2.23. The lowest BCUT2D eigenvalue weighted by atomic mass is 10.1. The Kier molecular flexibility index (Phi) is 5.52. The Morgan fingerprint density at radius 2 is 1.66 bits per heavy atom. The van der Waals surface area contributed by atoms with Crippen LogP contribution >= 0.6 is 0 Å². The Balaban J connectivity index is 1.63. The van der Waals surface area contributed by atoms with Gasteiger partial charge < -0.3 is 4.57 Å². The van der Waals surface area contributed by atoms with Gasteiger partial charge in [-0.05, 0) is 24.5 Å². The van der Waals surface area contributed by atoms with E-state index in [1.54, 1.807) is 4.90 Å². The molecule has 5 rings (SSSR count). The van der Waals surface area contributed by atoms with E-state index in [0.717, 1.165) is 37.0 Å². The van der Waals surface area contributed by atoms with Gasteiger partial charge in [0, 0.05) is 13.0 Å². The molecule has 6 heteroatoms. The number of rotatable bonds is 7. The summed E-state index contributed by atoms with van der Waals surface area (Å²) >= 11 is 0. The summed E-state index contributed by atoms with van der Waals surface area (Å²) in [5.74, 6) is 2.54. The first-order valence-electron chi connectivity index (χ1n) is 11.5. The van der Waals surface area contributed by atoms with Crippen LogP contribution in [0.4, 0.5) is 5.82 Å². The van der Waals surface area contributed by atoms with Gasteiger partial charge in [-0.3, -0.25) is 14.6 Å². The van der Waals surface area contributed by atoms with Gasteiger partial charge in [0.15, 0.2) is 5.69 Å². The minimum Gasteiger partial charge on any atom is -0.309 e. The van der Waals surface area contributed by atoms with Gasteiger partial charge in [0.25, 0.3) is 5.91 Å². The Morgan fingerprint density at radius 3 is 2.31 bits per heavy atom. The molecule has 0 fully saturated rings. The van der Waals surface area contributed by atoms with E-state index in [1.165, 1.54) is 11.1 Å². The van der Waals surface area contributed by atoms with Crippen molar-refractivity contribution in [1.29, 1.82) is 0 Å². The Bertz CT molecular complexity index is 1140. The number of hydrogen-bond acceptors (Lipinski definition) is 4. The van der Waals surface area contributed by atoms with Gasteiger partial charge in [-0.2, -0.15) is 0 Å². The number of benzene rings is 2. The predicted molar refractivity (Wildman–Crippen MR) is 127 cm³/mol. The summed E-state index contributed by atoms with van der Waals surface area (Å²) in [4.78, 5) is 27.4. The minimum absolute atomic E-state index is 0.0456. The number of hydrogen-bond donors (Lipinski definition) is 0. The molecule has 2 aliphatic heterocycles. The van der Waals surface area contributed by atoms with E-state index in [0.29, 0.717) is 25.2 Å². The second kappa shape index (κ2) is 8.61. The molecule has 0 saturated carbocycles. The van der Waals surface area contributed by atoms with Crippen LogP contribution in [0.1, 0.15) is 54.1 Å². The molecule has 1 aromatic heterocycles. The van der Waals surface area contributed by atoms with Crippen LogP contribution in [0, 0.1) is 0 Å². The third-order valence-corrected chi connectivity index (χ3v) is 6.22. The maximum absolute atomic E-state index is 13.5. The highest BCUT2D eigenvalue weighted by Crippen LogP contribution is 2.35. The standard InChI is InChI=1S/C26H29N5O/c1-3-11-21-18-31-24-23(25(32)29(4-2)26(31)27-21)28-22(16-19-12-7-5-8-13-19)30(24)17-20-14-9-6-10-15-20/h5-10,12-15,21H,3-4,11,16-18H2,1-2H3/t21-/m1/s1. The van der Waals surface area contributed by atoms with Gasteiger partial charge >= 0.3 is 0 Å². The smallest absolute Gasteiger partial charge is 0.283 e. The molecular formula is C26H29N5O. The quantitative estimate of drug-likeness (QED) is 0.564. The fourth-order valence-electron chi connectivity index (χ4n) is 4.71. The van der Waals surface area contributed by atoms with Crippen LogP contribution in [0.15, 0.2) is 65.7 Å². The van der Waals surface area contributed by atoms with Crippen molar-refractivity contribution in [3.05, 3.63) is 83.3 Å². The zero-order valence-electron chi connectivity index (χ0n) is 18.7. The van der Waals surface area contributed by atoms with Crippen molar-refractivity contribution in [3.8, 4) is 0 Å². The van der Waals surface area contributed by atoms with E-state index in [1.807, 2.05) is 31.2 Å². The van der Waals surface area contributed by atoms with E-state index in [2.05, 4.69) is 52.8 Å². The first kappa shape index (κ1) is 20.5. The highest BCUT2D eigenvalue weighted by Gasteiger charge is 2.43. The lowest BCUT2D eigenvalue weighted by Crippen LogP contribution is -2.50. The number of amides is 1. The molecule has 0 saturated heterocycles. The topological polar surface area (TPSA) is 53.7 Å². The Labute approximate surface area is 189 Å². The molecule has 1 atom stereocenters. The third-order valence-electron chi connectivity index (χ3n) is 6.22. The molecule has 3 aromatic rings. The average molecular weight is 428 g/mol. The van der Waals surface area contributed by atoms with Gasteiger partial charge in [-0.15, -0.1) is 0 Å². The van der Waals surface area contributed by atoms with Crippen LogP contribution in [0.5, 0.6) is 0 Å². The molecule has 0 unspecified atom stereocenters. The number of aromatic nitrogens is 2. The molecule has 1 amide bonds. The SMILES string of the molecule is CCC[C@@H]1CN2C(=N1)N(CC)C(=O)c1nc(Cc3ccccc3)n(Cc3ccccc3)c12. The summed E-state index contributed by atoms with van der Waals surface area (Å²) in [6.45, 7) is 6.25. The van der Waals surface area contributed by atoms with Crippen molar-refractivity contribution in [2.24, 2.45) is 4.99 Å². The fourth-order valence-corrected chi connectivity index (χ4v) is 4.71. The highest BCUT2D eigenvalue weighted by atomic mass is 16.2. The lowest BCUT2D eigenvalue weighted by Gasteiger charge is -2.33. The van der Waals surface area contributed by atoms with Crippen molar-refractivity contribution in [1.82, 2.24) is 14.5 Å². The zero-order chi connectivity index (χ0) is 22.1. The van der Waals surface area contributed by atoms with Crippen molar-refractivity contribution in [2.75, 3.05) is 18.0 Å². The van der Waals surface area contributed by atoms with Crippen LogP contribution in [0.2, 0.25) is 0 Å². The number of carbonyl (C=O) groups is 1. The number of nitrogens with zero attached hydrogens (tertiary/aromatic N) is 5. The largest absolute Gasteiger partial charge is 0.309 e. The fraction of sp³-hybridized carbons (Fsp3) is 0.346. The van der Waals surface area contributed by atoms with Gasteiger partial charge in [-0.25, -0.2) is 9.98 Å². The number of fused-ring (bicyclic) bond motifs is 3. The van der Waals surface area contributed by atoms with E-state index in [9.17, 15) is 4.79 Å². The van der Waals surface area contributed by atoms with E-state index >= 15 is 0 Å². The van der Waals surface area contributed by atoms with Gasteiger partial charge in [0.2, 0.25) is 5.96 Å². The number of imidazole rings is 1. The lowest BCUT2D eigenvalue weighted by molar-refractivity contribution is 0.0841. The molecule has 32 heavy (non-hydrogen) atoms. The van der Waals surface area contributed by atoms with Crippen LogP contribution < -0.4 is 4.90 Å². The maximum Gasteiger partial charge on any atom is 0.283 e. The Hall–Kier alpha value is -3.41. The molecule has 2 aromatic carbocycles. The number of guanidine groups is 1. The summed E-state index contributed by atoms with van der Waals surface area (Å²) in [5.41, 5.74) is 2.92. The number of aliphatic imine (C=N–C) groups is 1. The van der Waals surface area contributed by atoms with E-state index in [-0.39, 0.29) is 11.9 Å². The predicted octanol–water partition coefficient (Wildman–Crippen LogP) is 4.34. The zero-order valence-corrected chi connectivity index (χ0v) is 18.7. The number of anilines is 1. The highest BCUT2D eigenvalue weighted by molar-refractivity contribution is 6.18. The molecule has 3 heterocycles. The summed E-state index contributed by atoms with van der Waals surface area (Å²) in [5, 5.41) is 0. The van der Waals surface area contributed by atoms with E-state index < -0.39 is 0 Å². The van der Waals surface area contributed by atoms with Crippen molar-refractivity contribution in [2.45, 2.75) is 45.7 Å². The van der Waals surface area contributed by atoms with Crippen LogP contribution in [-0.2, 0) is 13.0 Å². The summed E-state index contributed by atoms with van der Waals surface area (Å²) in [6.07, 6.45) is 2.77. The molecule has 2 aliphatic rings. The summed E-state index contributed by atoms with van der Waals surface area (Å²) in [7, 11) is 0. The van der Waals surface area contributed by atoms with Crippen LogP contribution in [0.25, 0.3) is 0 Å². The second-order valence-corrected chi connectivity index (χ2v) is 8.47. The average Bonchev–Trinajstić information content (AvgIpc) is 3.38. The minimum atomic E-state index is -0.0456. The molecule has 164 valence electrons. The summed E-state index contributed by atoms with van der Waals surface area (Å²) in [6, 6.07) is 20.9. The maximum atomic E-state index is 13.5. The van der Waals surface area contributed by atoms with Gasteiger partial charge in [0.05, 0.1) is 19.1 Å². The van der Waals surface area contributed by atoms with Gasteiger partial charge in [0.1, 0.15) is 11.6 Å². The first-order valence-corrected chi connectivity index (χ1v) is 11.5. The Morgan fingerprint density at radius 1 is 0.969 bits per heavy atom. The number of carbonyl (C=O) groups excluding carboxylic acids is 1. The van der Waals surface area contributed by atoms with Crippen LogP contribution in [0.3, 0.4) is 0 Å². The molecule has 0 bridgehead atoms. The van der Waals surface area contributed by atoms with Crippen LogP contribution in [-0.4, -0.2) is 45.4 Å². The van der Waals surface area contributed by atoms with Crippen molar-refractivity contribution in [3.63, 3.8) is 0 Å². The third kappa shape index (κ3) is 3.60. The van der Waals surface area contributed by atoms with Crippen molar-refractivity contribution < 1.29 is 4.79 Å². The van der Waals surface area contributed by atoms with Crippen molar-refractivity contribution >= 4 is 17.7 Å². The molecule has 0 N–H and O–H groups in total. The molecule has 0 spiro atoms. The second-order valence-electron chi connectivity index (χ2n) is 8.47. The molecular weight excluding hydrogens is 398 g/mol. The van der Waals surface area contributed by atoms with E-state index in [4.69, 9.17) is 9.98 Å². The molecule has 6 nitrogen and oxygen atoms in total. The first-order chi connectivity index (χ1) is 15.7. The normalized spacial score (nSPS) is 17.4. The molecule has 0 aliphatic carbocycles. The monoisotopic (exact) mass is 427 g/mol.